The van der Waals surface area contributed by atoms with Crippen LogP contribution in [0.4, 0.5) is 0 Å². The van der Waals surface area contributed by atoms with Crippen molar-refractivity contribution in [3.8, 4) is 0 Å². The molecule has 5 rings (SSSR count). The molecule has 0 radical (unpaired) electrons. The predicted molar refractivity (Wildman–Crippen MR) is 171 cm³/mol. The number of nitrogens with zero attached hydrogens (tertiary/aromatic N) is 3. The van der Waals surface area contributed by atoms with E-state index in [0.717, 1.165) is 41.5 Å². The van der Waals surface area contributed by atoms with Gasteiger partial charge >= 0.3 is 0 Å². The third-order valence-corrected chi connectivity index (χ3v) is 7.01. The Kier molecular flexibility index (Phi) is 8.85. The van der Waals surface area contributed by atoms with Crippen molar-refractivity contribution in [3.63, 3.8) is 0 Å². The van der Waals surface area contributed by atoms with Crippen LogP contribution in [0.3, 0.4) is 0 Å². The highest BCUT2D eigenvalue weighted by atomic mass is 15.0. The lowest BCUT2D eigenvalue weighted by molar-refractivity contribution is 0.941. The van der Waals surface area contributed by atoms with Crippen LogP contribution in [-0.4, -0.2) is 18.4 Å². The van der Waals surface area contributed by atoms with Crippen LogP contribution >= 0.6 is 0 Å². The largest absolute Gasteiger partial charge is 0.262 e. The zero-order valence-corrected chi connectivity index (χ0v) is 22.7. The number of amidine groups is 2. The van der Waals surface area contributed by atoms with E-state index in [1.807, 2.05) is 42.5 Å². The number of rotatable bonds is 8. The number of fused-ring (bicyclic) bond motifs is 1. The second-order valence-electron chi connectivity index (χ2n) is 9.73. The summed E-state index contributed by atoms with van der Waals surface area (Å²) in [4.78, 5) is 14.3. The zero-order chi connectivity index (χ0) is 27.6. The van der Waals surface area contributed by atoms with E-state index >= 15 is 0 Å². The van der Waals surface area contributed by atoms with Crippen molar-refractivity contribution in [2.45, 2.75) is 25.8 Å². The highest BCUT2D eigenvalue weighted by Gasteiger charge is 2.16. The lowest BCUT2D eigenvalue weighted by Crippen LogP contribution is -2.10. The molecule has 3 nitrogen and oxygen atoms in total. The standard InChI is InChI=1S/C37H33N3/c1-3-30-23-24-35(26-34(30)20-12-15-28-13-6-4-7-14-28)37(40-36(38-2)32-17-8-5-9-18-32)39-27-29-21-22-31-16-10-11-19-33(31)25-29/h3-14,16-22,25-26H,1-2,15,23-24,27H2/b20-12-,39-37?,40-36?. The van der Waals surface area contributed by atoms with E-state index in [4.69, 9.17) is 9.98 Å². The van der Waals surface area contributed by atoms with E-state index in [0.29, 0.717) is 18.2 Å². The summed E-state index contributed by atoms with van der Waals surface area (Å²) in [6.45, 7) is 8.40. The molecule has 0 amide bonds. The summed E-state index contributed by atoms with van der Waals surface area (Å²) in [6.07, 6.45) is 11.2. The van der Waals surface area contributed by atoms with Crippen molar-refractivity contribution >= 4 is 29.2 Å². The summed E-state index contributed by atoms with van der Waals surface area (Å²) < 4.78 is 0. The molecule has 0 N–H and O–H groups in total. The Morgan fingerprint density at radius 3 is 2.23 bits per heavy atom. The van der Waals surface area contributed by atoms with Gasteiger partial charge in [-0.2, -0.15) is 0 Å². The lowest BCUT2D eigenvalue weighted by Gasteiger charge is -2.17. The quantitative estimate of drug-likeness (QED) is 0.165. The van der Waals surface area contributed by atoms with Crippen LogP contribution in [0.25, 0.3) is 10.8 Å². The van der Waals surface area contributed by atoms with Gasteiger partial charge in [-0.05, 0) is 76.7 Å². The Hall–Kier alpha value is -4.89. The summed E-state index contributed by atoms with van der Waals surface area (Å²) in [5.41, 5.74) is 6.80. The Balaban J connectivity index is 1.50. The van der Waals surface area contributed by atoms with Crippen LogP contribution in [0.1, 0.15) is 29.5 Å². The van der Waals surface area contributed by atoms with Crippen LogP contribution in [0.2, 0.25) is 0 Å². The molecule has 0 saturated heterocycles. The smallest absolute Gasteiger partial charge is 0.160 e. The van der Waals surface area contributed by atoms with Crippen molar-refractivity contribution in [2.75, 3.05) is 0 Å². The van der Waals surface area contributed by atoms with Gasteiger partial charge in [-0.25, -0.2) is 9.98 Å². The molecule has 0 spiro atoms. The third-order valence-electron chi connectivity index (χ3n) is 7.01. The SMILES string of the molecule is C=CC1=C(/C=C\Cc2ccccc2)C=C(C(=NCc2ccc3ccccc3c2)N=C(N=C)c2ccccc2)CC1. The fourth-order valence-electron chi connectivity index (χ4n) is 4.84. The van der Waals surface area contributed by atoms with Gasteiger partial charge in [0.05, 0.1) is 6.54 Å². The predicted octanol–water partition coefficient (Wildman–Crippen LogP) is 8.89. The number of benzene rings is 4. The molecule has 4 aromatic carbocycles. The van der Waals surface area contributed by atoms with Gasteiger partial charge in [-0.3, -0.25) is 4.99 Å². The Bertz CT molecular complexity index is 1650. The topological polar surface area (TPSA) is 37.1 Å². The number of allylic oxidation sites excluding steroid dienone is 6. The molecule has 0 heterocycles. The van der Waals surface area contributed by atoms with Gasteiger partial charge in [0.2, 0.25) is 0 Å². The summed E-state index contributed by atoms with van der Waals surface area (Å²) in [6, 6.07) is 35.3. The Morgan fingerprint density at radius 2 is 1.48 bits per heavy atom. The van der Waals surface area contributed by atoms with Crippen molar-refractivity contribution in [1.29, 1.82) is 0 Å². The molecular weight excluding hydrogens is 486 g/mol. The molecule has 0 aliphatic heterocycles. The maximum atomic E-state index is 5.05. The molecule has 0 saturated carbocycles. The van der Waals surface area contributed by atoms with Crippen molar-refractivity contribution < 1.29 is 0 Å². The molecular formula is C37H33N3. The van der Waals surface area contributed by atoms with Crippen LogP contribution in [0.15, 0.2) is 166 Å². The molecule has 196 valence electrons. The summed E-state index contributed by atoms with van der Waals surface area (Å²) in [5.74, 6) is 1.26. The number of hydrogen-bond acceptors (Lipinski definition) is 1. The normalized spacial score (nSPS) is 14.4. The molecule has 0 unspecified atom stereocenters. The minimum atomic E-state index is 0.525. The van der Waals surface area contributed by atoms with E-state index in [2.05, 4.69) is 103 Å². The van der Waals surface area contributed by atoms with E-state index in [-0.39, 0.29) is 0 Å². The monoisotopic (exact) mass is 519 g/mol. The van der Waals surface area contributed by atoms with Crippen molar-refractivity contribution in [3.05, 3.63) is 167 Å². The molecule has 0 aromatic heterocycles. The Labute approximate surface area is 237 Å². The minimum Gasteiger partial charge on any atom is -0.262 e. The van der Waals surface area contributed by atoms with Crippen molar-refractivity contribution in [1.82, 2.24) is 0 Å². The lowest BCUT2D eigenvalue weighted by atomic mass is 9.91. The van der Waals surface area contributed by atoms with Gasteiger partial charge in [-0.15, -0.1) is 0 Å². The minimum absolute atomic E-state index is 0.525. The van der Waals surface area contributed by atoms with Crippen LogP contribution in [-0.2, 0) is 13.0 Å². The Morgan fingerprint density at radius 1 is 0.750 bits per heavy atom. The first-order valence-electron chi connectivity index (χ1n) is 13.6. The first-order valence-corrected chi connectivity index (χ1v) is 13.6. The van der Waals surface area contributed by atoms with Gasteiger partial charge in [0.25, 0.3) is 0 Å². The van der Waals surface area contributed by atoms with E-state index in [1.165, 1.54) is 21.9 Å². The van der Waals surface area contributed by atoms with Crippen LogP contribution in [0, 0.1) is 0 Å². The van der Waals surface area contributed by atoms with E-state index in [9.17, 15) is 0 Å². The maximum Gasteiger partial charge on any atom is 0.160 e. The summed E-state index contributed by atoms with van der Waals surface area (Å²) >= 11 is 0. The highest BCUT2D eigenvalue weighted by Crippen LogP contribution is 2.28. The fraction of sp³-hybridized carbons (Fsp3) is 0.108. The molecule has 0 fully saturated rings. The van der Waals surface area contributed by atoms with Crippen LogP contribution in [0.5, 0.6) is 0 Å². The van der Waals surface area contributed by atoms with Gasteiger partial charge < -0.3 is 0 Å². The summed E-state index contributed by atoms with van der Waals surface area (Å²) in [5, 5.41) is 2.43. The van der Waals surface area contributed by atoms with E-state index in [1.54, 1.807) is 0 Å². The number of hydrogen-bond donors (Lipinski definition) is 0. The summed E-state index contributed by atoms with van der Waals surface area (Å²) in [7, 11) is 0. The first-order chi connectivity index (χ1) is 19.7. The van der Waals surface area contributed by atoms with Gasteiger partial charge in [-0.1, -0.05) is 122 Å². The van der Waals surface area contributed by atoms with E-state index < -0.39 is 0 Å². The molecule has 3 heteroatoms. The average Bonchev–Trinajstić information content (AvgIpc) is 3.02. The van der Waals surface area contributed by atoms with Gasteiger partial charge in [0, 0.05) is 5.56 Å². The zero-order valence-electron chi connectivity index (χ0n) is 22.7. The second-order valence-corrected chi connectivity index (χ2v) is 9.73. The number of aliphatic imine (C=N–C) groups is 3. The molecule has 0 atom stereocenters. The molecule has 1 aliphatic rings. The second kappa shape index (κ2) is 13.3. The van der Waals surface area contributed by atoms with Crippen LogP contribution < -0.4 is 0 Å². The highest BCUT2D eigenvalue weighted by molar-refractivity contribution is 6.12. The third kappa shape index (κ3) is 6.75. The van der Waals surface area contributed by atoms with Crippen molar-refractivity contribution in [2.24, 2.45) is 15.0 Å². The molecule has 0 bridgehead atoms. The molecule has 4 aromatic rings. The van der Waals surface area contributed by atoms with Gasteiger partial charge in [0.15, 0.2) is 11.7 Å². The van der Waals surface area contributed by atoms with Gasteiger partial charge in [0.1, 0.15) is 0 Å². The fourth-order valence-corrected chi connectivity index (χ4v) is 4.84. The average molecular weight is 520 g/mol. The molecule has 40 heavy (non-hydrogen) atoms. The molecule has 1 aliphatic carbocycles. The maximum absolute atomic E-state index is 5.05. The first kappa shape index (κ1) is 26.7.